The molecule has 0 unspecified atom stereocenters. The molecule has 0 atom stereocenters. The molecular weight excluding hydrogens is 342 g/mol. The van der Waals surface area contributed by atoms with Gasteiger partial charge in [-0.3, -0.25) is 5.43 Å². The van der Waals surface area contributed by atoms with Crippen LogP contribution in [0.15, 0.2) is 28.7 Å². The van der Waals surface area contributed by atoms with E-state index < -0.39 is 18.3 Å². The van der Waals surface area contributed by atoms with Gasteiger partial charge in [0, 0.05) is 5.38 Å². The minimum Gasteiger partial charge on any atom is -0.399 e. The third kappa shape index (κ3) is 3.68. The monoisotopic (exact) mass is 362 g/mol. The molecule has 1 aromatic carbocycles. The number of hydrogen-bond acceptors (Lipinski definition) is 7. The van der Waals surface area contributed by atoms with Gasteiger partial charge in [0.05, 0.1) is 17.4 Å². The molecule has 0 spiro atoms. The van der Waals surface area contributed by atoms with Crippen molar-refractivity contribution >= 4 is 41.1 Å². The van der Waals surface area contributed by atoms with Crippen LogP contribution in [0.2, 0.25) is 0 Å². The quantitative estimate of drug-likeness (QED) is 0.496. The first-order chi connectivity index (χ1) is 11.7. The van der Waals surface area contributed by atoms with Gasteiger partial charge in [-0.05, 0) is 50.9 Å². The average molecular weight is 362 g/mol. The highest BCUT2D eigenvalue weighted by molar-refractivity contribution is 7.14. The highest BCUT2D eigenvalue weighted by atomic mass is 32.1. The fourth-order valence-electron chi connectivity index (χ4n) is 2.33. The summed E-state index contributed by atoms with van der Waals surface area (Å²) >= 11 is 1.35. The van der Waals surface area contributed by atoms with E-state index in [2.05, 4.69) is 15.5 Å². The summed E-state index contributed by atoms with van der Waals surface area (Å²) in [4.78, 5) is 4.06. The predicted octanol–water partition coefficient (Wildman–Crippen LogP) is 2.61. The Morgan fingerprint density at radius 1 is 1.28 bits per heavy atom. The van der Waals surface area contributed by atoms with E-state index in [0.29, 0.717) is 22.0 Å². The zero-order valence-corrected chi connectivity index (χ0v) is 15.4. The van der Waals surface area contributed by atoms with Gasteiger partial charge in [-0.25, -0.2) is 9.37 Å². The van der Waals surface area contributed by atoms with Gasteiger partial charge < -0.3 is 15.0 Å². The van der Waals surface area contributed by atoms with Crippen LogP contribution < -0.4 is 16.6 Å². The largest absolute Gasteiger partial charge is 0.495 e. The minimum atomic E-state index is -0.669. The number of anilines is 2. The molecule has 0 aliphatic carbocycles. The maximum Gasteiger partial charge on any atom is 0.495 e. The summed E-state index contributed by atoms with van der Waals surface area (Å²) in [5.74, 6) is 0.0740. The summed E-state index contributed by atoms with van der Waals surface area (Å²) in [7, 11) is -0.669. The topological polar surface area (TPSA) is 81.8 Å². The van der Waals surface area contributed by atoms with Crippen LogP contribution in [0.25, 0.3) is 0 Å². The number of nitrogens with zero attached hydrogens (tertiary/aromatic N) is 2. The molecule has 1 aromatic heterocycles. The normalized spacial score (nSPS) is 18.8. The van der Waals surface area contributed by atoms with Gasteiger partial charge in [0.25, 0.3) is 0 Å². The number of thiazole rings is 1. The molecule has 0 saturated carbocycles. The molecule has 2 heterocycles. The maximum atomic E-state index is 13.8. The SMILES string of the molecule is CC1(C)OB(c2cc(F)ccc2C=NNc2nc(N)cs2)OC1(C)C. The van der Waals surface area contributed by atoms with Crippen molar-refractivity contribution in [2.45, 2.75) is 38.9 Å². The average Bonchev–Trinajstić information content (AvgIpc) is 3.01. The third-order valence-corrected chi connectivity index (χ3v) is 5.21. The van der Waals surface area contributed by atoms with Crippen LogP contribution in [0.4, 0.5) is 15.3 Å². The first-order valence-electron chi connectivity index (χ1n) is 7.83. The fourth-order valence-corrected chi connectivity index (χ4v) is 2.88. The molecule has 6 nitrogen and oxygen atoms in total. The molecule has 1 aliphatic heterocycles. The van der Waals surface area contributed by atoms with E-state index in [0.717, 1.165) is 0 Å². The Bertz CT molecular complexity index is 793. The highest BCUT2D eigenvalue weighted by Gasteiger charge is 2.52. The first-order valence-corrected chi connectivity index (χ1v) is 8.71. The van der Waals surface area contributed by atoms with E-state index in [1.54, 1.807) is 17.7 Å². The summed E-state index contributed by atoms with van der Waals surface area (Å²) < 4.78 is 25.8. The molecule has 3 N–H and O–H groups in total. The highest BCUT2D eigenvalue weighted by Crippen LogP contribution is 2.36. The molecule has 1 aliphatic rings. The van der Waals surface area contributed by atoms with Crippen LogP contribution in [0.5, 0.6) is 0 Å². The lowest BCUT2D eigenvalue weighted by Crippen LogP contribution is -2.41. The molecule has 0 amide bonds. The zero-order valence-electron chi connectivity index (χ0n) is 14.5. The van der Waals surface area contributed by atoms with Gasteiger partial charge in [0.15, 0.2) is 0 Å². The Kier molecular flexibility index (Phi) is 4.57. The predicted molar refractivity (Wildman–Crippen MR) is 99.9 cm³/mol. The summed E-state index contributed by atoms with van der Waals surface area (Å²) in [5, 5.41) is 6.43. The van der Waals surface area contributed by atoms with Crippen LogP contribution in [0.3, 0.4) is 0 Å². The maximum absolute atomic E-state index is 13.8. The standard InChI is InChI=1S/C16H20BFN4O2S/c1-15(2)16(3,4)24-17(23-15)12-7-11(18)6-5-10(12)8-20-22-14-21-13(19)9-25-14/h5-9H,19H2,1-4H3,(H,21,22). The minimum absolute atomic E-state index is 0.359. The van der Waals surface area contributed by atoms with Crippen molar-refractivity contribution in [1.29, 1.82) is 0 Å². The van der Waals surface area contributed by atoms with Crippen LogP contribution in [0, 0.1) is 5.82 Å². The van der Waals surface area contributed by atoms with Gasteiger partial charge in [-0.2, -0.15) is 5.10 Å². The van der Waals surface area contributed by atoms with E-state index in [1.807, 2.05) is 27.7 Å². The van der Waals surface area contributed by atoms with Gasteiger partial charge in [0.2, 0.25) is 5.13 Å². The van der Waals surface area contributed by atoms with Crippen LogP contribution in [0.1, 0.15) is 33.3 Å². The molecular formula is C16H20BFN4O2S. The number of nitrogens with one attached hydrogen (secondary N) is 1. The second kappa shape index (κ2) is 6.40. The Labute approximate surface area is 150 Å². The van der Waals surface area contributed by atoms with Gasteiger partial charge in [-0.1, -0.05) is 6.07 Å². The van der Waals surface area contributed by atoms with Crippen LogP contribution in [-0.2, 0) is 9.31 Å². The van der Waals surface area contributed by atoms with Gasteiger partial charge >= 0.3 is 7.12 Å². The number of aromatic nitrogens is 1. The van der Waals surface area contributed by atoms with Crippen LogP contribution in [-0.4, -0.2) is 29.5 Å². The number of benzene rings is 1. The van der Waals surface area contributed by atoms with Crippen molar-refractivity contribution in [2.24, 2.45) is 5.10 Å². The van der Waals surface area contributed by atoms with E-state index >= 15 is 0 Å². The zero-order chi connectivity index (χ0) is 18.2. The number of hydrazone groups is 1. The number of hydrogen-bond donors (Lipinski definition) is 2. The Morgan fingerprint density at radius 2 is 1.96 bits per heavy atom. The molecule has 0 bridgehead atoms. The molecule has 132 valence electrons. The summed E-state index contributed by atoms with van der Waals surface area (Å²) in [5.41, 5.74) is 8.64. The van der Waals surface area contributed by atoms with Crippen molar-refractivity contribution in [1.82, 2.24) is 4.98 Å². The van der Waals surface area contributed by atoms with E-state index in [9.17, 15) is 4.39 Å². The Hall–Kier alpha value is -1.97. The molecule has 25 heavy (non-hydrogen) atoms. The molecule has 3 rings (SSSR count). The summed E-state index contributed by atoms with van der Waals surface area (Å²) in [6, 6.07) is 4.42. The van der Waals surface area contributed by atoms with Crippen molar-refractivity contribution in [3.8, 4) is 0 Å². The first kappa shape index (κ1) is 17.8. The second-order valence-electron chi connectivity index (χ2n) is 6.81. The number of nitrogen functional groups attached to an aromatic ring is 1. The fraction of sp³-hybridized carbons (Fsp3) is 0.375. The molecule has 9 heteroatoms. The molecule has 2 aromatic rings. The lowest BCUT2D eigenvalue weighted by atomic mass is 9.76. The number of halogens is 1. The van der Waals surface area contributed by atoms with E-state index in [-0.39, 0.29) is 5.82 Å². The van der Waals surface area contributed by atoms with Crippen molar-refractivity contribution < 1.29 is 13.7 Å². The Morgan fingerprint density at radius 3 is 2.56 bits per heavy atom. The van der Waals surface area contributed by atoms with E-state index in [4.69, 9.17) is 15.0 Å². The Balaban J connectivity index is 1.84. The van der Waals surface area contributed by atoms with Gasteiger partial charge in [-0.15, -0.1) is 11.3 Å². The molecule has 0 radical (unpaired) electrons. The van der Waals surface area contributed by atoms with Crippen molar-refractivity contribution in [2.75, 3.05) is 11.2 Å². The smallest absolute Gasteiger partial charge is 0.399 e. The lowest BCUT2D eigenvalue weighted by Gasteiger charge is -2.32. The third-order valence-electron chi connectivity index (χ3n) is 4.44. The summed E-state index contributed by atoms with van der Waals surface area (Å²) in [6.45, 7) is 7.81. The lowest BCUT2D eigenvalue weighted by molar-refractivity contribution is 0.00578. The van der Waals surface area contributed by atoms with Crippen molar-refractivity contribution in [3.63, 3.8) is 0 Å². The van der Waals surface area contributed by atoms with Crippen molar-refractivity contribution in [3.05, 3.63) is 35.0 Å². The van der Waals surface area contributed by atoms with E-state index in [1.165, 1.54) is 23.5 Å². The number of nitrogens with two attached hydrogens (primary N) is 1. The van der Waals surface area contributed by atoms with Gasteiger partial charge in [0.1, 0.15) is 11.6 Å². The second-order valence-corrected chi connectivity index (χ2v) is 7.67. The summed E-state index contributed by atoms with van der Waals surface area (Å²) in [6.07, 6.45) is 1.58. The number of rotatable bonds is 4. The van der Waals surface area contributed by atoms with Crippen LogP contribution >= 0.6 is 11.3 Å². The molecule has 1 saturated heterocycles. The molecule has 1 fully saturated rings.